The lowest BCUT2D eigenvalue weighted by Crippen LogP contribution is -2.48. The minimum Gasteiger partial charge on any atom is -0.465 e. The lowest BCUT2D eigenvalue weighted by molar-refractivity contribution is -0.140. The first-order chi connectivity index (χ1) is 15.8. The van der Waals surface area contributed by atoms with Crippen LogP contribution in [0.1, 0.15) is 40.0 Å². The second-order valence-corrected chi connectivity index (χ2v) is 8.10. The van der Waals surface area contributed by atoms with Gasteiger partial charge in [0.15, 0.2) is 5.11 Å². The number of thiocarbonyl (C=S) groups is 1. The monoisotopic (exact) mass is 468 g/mol. The number of nitrogens with zero attached hydrogens (tertiary/aromatic N) is 1. The van der Waals surface area contributed by atoms with Crippen LogP contribution in [0.2, 0.25) is 0 Å². The molecule has 1 aliphatic rings. The number of hydrogen-bond donors (Lipinski definition) is 1. The maximum absolute atomic E-state index is 13.3. The number of carbonyl (C=O) groups is 2. The predicted molar refractivity (Wildman–Crippen MR) is 130 cm³/mol. The van der Waals surface area contributed by atoms with Crippen LogP contribution in [-0.2, 0) is 19.0 Å². The van der Waals surface area contributed by atoms with Crippen molar-refractivity contribution in [3.05, 3.63) is 76.0 Å². The molecule has 0 spiro atoms. The molecule has 0 amide bonds. The van der Waals surface area contributed by atoms with E-state index in [-0.39, 0.29) is 13.2 Å². The van der Waals surface area contributed by atoms with E-state index >= 15 is 0 Å². The highest BCUT2D eigenvalue weighted by Crippen LogP contribution is 2.37. The smallest absolute Gasteiger partial charge is 0.338 e. The summed E-state index contributed by atoms with van der Waals surface area (Å²) in [4.78, 5) is 27.6. The van der Waals surface area contributed by atoms with Crippen molar-refractivity contribution in [2.24, 2.45) is 0 Å². The summed E-state index contributed by atoms with van der Waals surface area (Å²) in [5.74, 6) is -1.01. The molecule has 3 rings (SSSR count). The lowest BCUT2D eigenvalue weighted by atomic mass is 9.91. The van der Waals surface area contributed by atoms with Gasteiger partial charge < -0.3 is 19.5 Å². The van der Waals surface area contributed by atoms with Crippen LogP contribution in [0.5, 0.6) is 0 Å². The van der Waals surface area contributed by atoms with Crippen molar-refractivity contribution in [2.75, 3.05) is 32.3 Å². The third kappa shape index (κ3) is 5.07. The molecule has 0 aromatic heterocycles. The highest BCUT2D eigenvalue weighted by atomic mass is 32.1. The molecule has 0 fully saturated rings. The van der Waals surface area contributed by atoms with Crippen LogP contribution >= 0.6 is 12.2 Å². The minimum atomic E-state index is -0.691. The average Bonchev–Trinajstić information content (AvgIpc) is 2.80. The van der Waals surface area contributed by atoms with Gasteiger partial charge in [0, 0.05) is 12.8 Å². The Morgan fingerprint density at radius 3 is 2.45 bits per heavy atom. The Bertz CT molecular complexity index is 1110. The molecule has 33 heavy (non-hydrogen) atoms. The molecule has 1 unspecified atom stereocenters. The number of aryl methyl sites for hydroxylation is 2. The zero-order valence-corrected chi connectivity index (χ0v) is 20.2. The Kier molecular flexibility index (Phi) is 7.84. The molecule has 2 aromatic rings. The van der Waals surface area contributed by atoms with Gasteiger partial charge >= 0.3 is 11.9 Å². The maximum atomic E-state index is 13.3. The highest BCUT2D eigenvalue weighted by Gasteiger charge is 2.37. The quantitative estimate of drug-likeness (QED) is 0.371. The van der Waals surface area contributed by atoms with Crippen molar-refractivity contribution in [2.45, 2.75) is 26.8 Å². The van der Waals surface area contributed by atoms with Gasteiger partial charge in [-0.3, -0.25) is 4.90 Å². The third-order valence-electron chi connectivity index (χ3n) is 5.51. The SMILES string of the molecule is COCCOC(=O)C1=C(C)N(c2cc(C)ccc2C)C(=S)NC1c1ccccc1C(=O)OC. The number of carbonyl (C=O) groups excluding carboxylic acids is 2. The molecule has 1 aliphatic heterocycles. The van der Waals surface area contributed by atoms with E-state index in [1.165, 1.54) is 14.2 Å². The molecule has 0 radical (unpaired) electrons. The highest BCUT2D eigenvalue weighted by molar-refractivity contribution is 7.80. The number of anilines is 1. The van der Waals surface area contributed by atoms with E-state index in [2.05, 4.69) is 5.32 Å². The van der Waals surface area contributed by atoms with Crippen LogP contribution in [0.15, 0.2) is 53.7 Å². The van der Waals surface area contributed by atoms with E-state index in [1.54, 1.807) is 24.3 Å². The van der Waals surface area contributed by atoms with Gasteiger partial charge in [0.1, 0.15) is 6.61 Å². The van der Waals surface area contributed by atoms with E-state index in [4.69, 9.17) is 26.4 Å². The number of esters is 2. The van der Waals surface area contributed by atoms with Crippen LogP contribution in [0.4, 0.5) is 5.69 Å². The zero-order valence-electron chi connectivity index (χ0n) is 19.4. The fourth-order valence-corrected chi connectivity index (χ4v) is 4.18. The Labute approximate surface area is 199 Å². The molecule has 2 aromatic carbocycles. The fourth-order valence-electron chi connectivity index (χ4n) is 3.83. The first-order valence-electron chi connectivity index (χ1n) is 10.5. The van der Waals surface area contributed by atoms with Gasteiger partial charge in [-0.2, -0.15) is 0 Å². The second-order valence-electron chi connectivity index (χ2n) is 7.71. The van der Waals surface area contributed by atoms with Crippen molar-refractivity contribution < 1.29 is 23.8 Å². The molecule has 1 N–H and O–H groups in total. The maximum Gasteiger partial charge on any atom is 0.338 e. The van der Waals surface area contributed by atoms with Gasteiger partial charge in [-0.05, 0) is 61.8 Å². The van der Waals surface area contributed by atoms with Crippen molar-refractivity contribution in [3.8, 4) is 0 Å². The molecule has 1 heterocycles. The number of rotatable bonds is 7. The predicted octanol–water partition coefficient (Wildman–Crippen LogP) is 3.99. The first-order valence-corrected chi connectivity index (χ1v) is 10.9. The average molecular weight is 469 g/mol. The van der Waals surface area contributed by atoms with E-state index in [1.807, 2.05) is 43.9 Å². The first kappa shape index (κ1) is 24.4. The number of allylic oxidation sites excluding steroid dienone is 1. The Hall–Kier alpha value is -3.23. The fraction of sp³-hybridized carbons (Fsp3) is 0.320. The van der Waals surface area contributed by atoms with Gasteiger partial charge in [-0.1, -0.05) is 30.3 Å². The summed E-state index contributed by atoms with van der Waals surface area (Å²) in [7, 11) is 2.86. The summed E-state index contributed by atoms with van der Waals surface area (Å²) in [6, 6.07) is 12.3. The standard InChI is InChI=1S/C25H28N2O5S/c1-15-10-11-16(2)20(14-15)27-17(3)21(24(29)32-13-12-30-4)22(26-25(27)33)18-8-6-7-9-19(18)23(28)31-5/h6-11,14,22H,12-13H2,1-5H3,(H,26,33). The molecule has 8 heteroatoms. The van der Waals surface area contributed by atoms with Crippen LogP contribution in [0.25, 0.3) is 0 Å². The Morgan fingerprint density at radius 2 is 1.76 bits per heavy atom. The Balaban J connectivity index is 2.18. The second kappa shape index (κ2) is 10.6. The van der Waals surface area contributed by atoms with E-state index in [0.29, 0.717) is 27.5 Å². The van der Waals surface area contributed by atoms with Crippen molar-refractivity contribution in [3.63, 3.8) is 0 Å². The van der Waals surface area contributed by atoms with Gasteiger partial charge in [0.05, 0.1) is 36.6 Å². The topological polar surface area (TPSA) is 77.1 Å². The summed E-state index contributed by atoms with van der Waals surface area (Å²) < 4.78 is 15.5. The molecule has 0 saturated carbocycles. The summed E-state index contributed by atoms with van der Waals surface area (Å²) in [5.41, 5.74) is 4.84. The summed E-state index contributed by atoms with van der Waals surface area (Å²) in [5, 5.41) is 3.67. The van der Waals surface area contributed by atoms with Crippen LogP contribution in [0, 0.1) is 13.8 Å². The van der Waals surface area contributed by atoms with E-state index < -0.39 is 18.0 Å². The van der Waals surface area contributed by atoms with E-state index in [9.17, 15) is 9.59 Å². The molecule has 0 saturated heterocycles. The van der Waals surface area contributed by atoms with Crippen LogP contribution in [0.3, 0.4) is 0 Å². The molecule has 1 atom stereocenters. The third-order valence-corrected chi connectivity index (χ3v) is 5.81. The number of methoxy groups -OCH3 is 2. The van der Waals surface area contributed by atoms with Gasteiger partial charge in [-0.15, -0.1) is 0 Å². The summed E-state index contributed by atoms with van der Waals surface area (Å²) in [6.07, 6.45) is 0. The number of benzene rings is 2. The lowest BCUT2D eigenvalue weighted by Gasteiger charge is -2.38. The van der Waals surface area contributed by atoms with Crippen molar-refractivity contribution in [1.29, 1.82) is 0 Å². The number of hydrogen-bond acceptors (Lipinski definition) is 6. The zero-order chi connectivity index (χ0) is 24.1. The van der Waals surface area contributed by atoms with Gasteiger partial charge in [0.2, 0.25) is 0 Å². The van der Waals surface area contributed by atoms with E-state index in [0.717, 1.165) is 16.8 Å². The molecule has 0 aliphatic carbocycles. The van der Waals surface area contributed by atoms with Crippen molar-refractivity contribution in [1.82, 2.24) is 5.32 Å². The van der Waals surface area contributed by atoms with Crippen molar-refractivity contribution >= 4 is 35.0 Å². The largest absolute Gasteiger partial charge is 0.465 e. The molecular weight excluding hydrogens is 440 g/mol. The van der Waals surface area contributed by atoms with Gasteiger partial charge in [0.25, 0.3) is 0 Å². The number of ether oxygens (including phenoxy) is 3. The summed E-state index contributed by atoms with van der Waals surface area (Å²) >= 11 is 5.74. The number of nitrogens with one attached hydrogen (secondary N) is 1. The molecule has 7 nitrogen and oxygen atoms in total. The van der Waals surface area contributed by atoms with Crippen LogP contribution in [-0.4, -0.2) is 44.5 Å². The minimum absolute atomic E-state index is 0.103. The molecular formula is C25H28N2O5S. The normalized spacial score (nSPS) is 15.8. The molecule has 174 valence electrons. The Morgan fingerprint density at radius 1 is 1.03 bits per heavy atom. The van der Waals surface area contributed by atoms with Gasteiger partial charge in [-0.25, -0.2) is 9.59 Å². The summed E-state index contributed by atoms with van der Waals surface area (Å²) in [6.45, 7) is 6.19. The van der Waals surface area contributed by atoms with Crippen LogP contribution < -0.4 is 10.2 Å². The molecule has 0 bridgehead atoms.